The van der Waals surface area contributed by atoms with Crippen molar-refractivity contribution in [2.45, 2.75) is 25.7 Å². The number of amides is 2. The van der Waals surface area contributed by atoms with Gasteiger partial charge in [0.05, 0.1) is 23.4 Å². The summed E-state index contributed by atoms with van der Waals surface area (Å²) in [6.45, 7) is 2.37. The Morgan fingerprint density at radius 1 is 1.03 bits per heavy atom. The topological polar surface area (TPSA) is 125 Å². The van der Waals surface area contributed by atoms with E-state index in [0.717, 1.165) is 48.0 Å². The maximum absolute atomic E-state index is 13.3. The summed E-state index contributed by atoms with van der Waals surface area (Å²) in [5.41, 5.74) is 2.88. The van der Waals surface area contributed by atoms with Crippen LogP contribution in [0.25, 0.3) is 22.2 Å². The lowest BCUT2D eigenvalue weighted by molar-refractivity contribution is 0.0942. The third-order valence-electron chi connectivity index (χ3n) is 6.69. The zero-order chi connectivity index (χ0) is 25.3. The lowest BCUT2D eigenvalue weighted by Gasteiger charge is -2.28. The van der Waals surface area contributed by atoms with Gasteiger partial charge in [-0.3, -0.25) is 4.79 Å². The van der Waals surface area contributed by atoms with Gasteiger partial charge in [0.25, 0.3) is 5.91 Å². The first-order valence-electron chi connectivity index (χ1n) is 12.4. The van der Waals surface area contributed by atoms with E-state index in [9.17, 15) is 9.59 Å². The molecule has 2 amide bonds. The number of methoxy groups -OCH3 is 1. The van der Waals surface area contributed by atoms with Crippen molar-refractivity contribution >= 4 is 28.7 Å². The lowest BCUT2D eigenvalue weighted by atomic mass is 9.82. The van der Waals surface area contributed by atoms with E-state index in [1.807, 2.05) is 42.5 Å². The van der Waals surface area contributed by atoms with Crippen LogP contribution in [0.3, 0.4) is 0 Å². The average Bonchev–Trinajstić information content (AvgIpc) is 2.91. The molecule has 1 aromatic carbocycles. The van der Waals surface area contributed by atoms with Gasteiger partial charge in [0.2, 0.25) is 0 Å². The maximum Gasteiger partial charge on any atom is 0.404 e. The summed E-state index contributed by atoms with van der Waals surface area (Å²) in [6, 6.07) is 13.3. The highest BCUT2D eigenvalue weighted by Crippen LogP contribution is 2.29. The van der Waals surface area contributed by atoms with Crippen LogP contribution in [0.5, 0.6) is 0 Å². The van der Waals surface area contributed by atoms with E-state index in [0.29, 0.717) is 49.3 Å². The van der Waals surface area contributed by atoms with Crippen molar-refractivity contribution < 1.29 is 19.4 Å². The standard InChI is InChI=1S/C27H33N5O4/c1-36-13-12-28-25-11-10-20(17-29-25)24-14-22(21-4-2-3-5-23(21)32-24)26(33)30-15-18-6-8-19(9-7-18)16-31-27(34)35/h2-5,10-11,14,17-19,31H,6-9,12-13,15-16H2,1H3,(H,28,29)(H,30,33)(H,34,35). The summed E-state index contributed by atoms with van der Waals surface area (Å²) >= 11 is 0. The van der Waals surface area contributed by atoms with Crippen molar-refractivity contribution in [3.05, 3.63) is 54.2 Å². The van der Waals surface area contributed by atoms with Gasteiger partial charge in [-0.25, -0.2) is 14.8 Å². The van der Waals surface area contributed by atoms with Gasteiger partial charge in [0.1, 0.15) is 5.82 Å². The van der Waals surface area contributed by atoms with Gasteiger partial charge < -0.3 is 25.8 Å². The molecule has 1 aliphatic rings. The molecule has 4 rings (SSSR count). The fourth-order valence-electron chi connectivity index (χ4n) is 4.65. The number of carbonyl (C=O) groups excluding carboxylic acids is 1. The molecule has 4 N–H and O–H groups in total. The molecule has 2 heterocycles. The lowest BCUT2D eigenvalue weighted by Crippen LogP contribution is -2.34. The van der Waals surface area contributed by atoms with E-state index >= 15 is 0 Å². The van der Waals surface area contributed by atoms with Crippen LogP contribution in [-0.4, -0.2) is 60.4 Å². The van der Waals surface area contributed by atoms with Crippen LogP contribution in [0.4, 0.5) is 10.6 Å². The number of hydrogen-bond donors (Lipinski definition) is 4. The molecule has 190 valence electrons. The SMILES string of the molecule is COCCNc1ccc(-c2cc(C(=O)NCC3CCC(CNC(=O)O)CC3)c3ccccc3n2)cn1. The van der Waals surface area contributed by atoms with Crippen molar-refractivity contribution in [1.29, 1.82) is 0 Å². The molecular formula is C27H33N5O4. The quantitative estimate of drug-likeness (QED) is 0.314. The second kappa shape index (κ2) is 12.3. The van der Waals surface area contributed by atoms with Gasteiger partial charge in [-0.15, -0.1) is 0 Å². The Labute approximate surface area is 210 Å². The number of nitrogens with one attached hydrogen (secondary N) is 3. The van der Waals surface area contributed by atoms with Gasteiger partial charge in [-0.2, -0.15) is 0 Å². The van der Waals surface area contributed by atoms with Gasteiger partial charge in [0, 0.05) is 43.9 Å². The molecule has 0 unspecified atom stereocenters. The number of pyridine rings is 2. The molecule has 0 radical (unpaired) electrons. The molecule has 1 saturated carbocycles. The molecule has 0 saturated heterocycles. The Bertz CT molecular complexity index is 1180. The van der Waals surface area contributed by atoms with Crippen molar-refractivity contribution in [2.24, 2.45) is 11.8 Å². The summed E-state index contributed by atoms with van der Waals surface area (Å²) in [5.74, 6) is 1.40. The fourth-order valence-corrected chi connectivity index (χ4v) is 4.65. The number of rotatable bonds is 10. The highest BCUT2D eigenvalue weighted by Gasteiger charge is 2.22. The fraction of sp³-hybridized carbons (Fsp3) is 0.407. The summed E-state index contributed by atoms with van der Waals surface area (Å²) < 4.78 is 5.05. The number of carboxylic acid groups (broad SMARTS) is 1. The molecule has 2 aromatic heterocycles. The molecule has 9 heteroatoms. The number of ether oxygens (including phenoxy) is 1. The summed E-state index contributed by atoms with van der Waals surface area (Å²) in [6.07, 6.45) is 4.67. The summed E-state index contributed by atoms with van der Waals surface area (Å²) in [7, 11) is 1.66. The molecule has 0 aliphatic heterocycles. The van der Waals surface area contributed by atoms with Gasteiger partial charge >= 0.3 is 6.09 Å². The Kier molecular flexibility index (Phi) is 8.67. The smallest absolute Gasteiger partial charge is 0.404 e. The Morgan fingerprint density at radius 2 is 1.75 bits per heavy atom. The first kappa shape index (κ1) is 25.4. The van der Waals surface area contributed by atoms with Crippen LogP contribution in [0.2, 0.25) is 0 Å². The third-order valence-corrected chi connectivity index (χ3v) is 6.69. The average molecular weight is 492 g/mol. The van der Waals surface area contributed by atoms with Gasteiger partial charge in [-0.05, 0) is 61.8 Å². The van der Waals surface area contributed by atoms with Crippen molar-refractivity contribution in [3.8, 4) is 11.3 Å². The maximum atomic E-state index is 13.3. The Balaban J connectivity index is 1.43. The van der Waals surface area contributed by atoms with Crippen LogP contribution >= 0.6 is 0 Å². The van der Waals surface area contributed by atoms with E-state index in [-0.39, 0.29) is 5.91 Å². The van der Waals surface area contributed by atoms with Crippen LogP contribution in [0.1, 0.15) is 36.0 Å². The predicted octanol–water partition coefficient (Wildman–Crippen LogP) is 4.16. The predicted molar refractivity (Wildman–Crippen MR) is 139 cm³/mol. The number of aromatic nitrogens is 2. The van der Waals surface area contributed by atoms with Gasteiger partial charge in [-0.1, -0.05) is 18.2 Å². The zero-order valence-corrected chi connectivity index (χ0v) is 20.5. The monoisotopic (exact) mass is 491 g/mol. The highest BCUT2D eigenvalue weighted by atomic mass is 16.5. The number of carbonyl (C=O) groups is 2. The minimum Gasteiger partial charge on any atom is -0.465 e. The van der Waals surface area contributed by atoms with Crippen molar-refractivity contribution in [2.75, 3.05) is 38.7 Å². The first-order chi connectivity index (χ1) is 17.5. The van der Waals surface area contributed by atoms with Gasteiger partial charge in [0.15, 0.2) is 0 Å². The normalized spacial score (nSPS) is 17.5. The number of hydrogen-bond acceptors (Lipinski definition) is 6. The van der Waals surface area contributed by atoms with Crippen LogP contribution < -0.4 is 16.0 Å². The first-order valence-corrected chi connectivity index (χ1v) is 12.4. The Morgan fingerprint density at radius 3 is 2.42 bits per heavy atom. The van der Waals surface area contributed by atoms with E-state index in [2.05, 4.69) is 20.9 Å². The minimum absolute atomic E-state index is 0.115. The largest absolute Gasteiger partial charge is 0.465 e. The number of anilines is 1. The molecule has 0 spiro atoms. The number of nitrogens with zero attached hydrogens (tertiary/aromatic N) is 2. The van der Waals surface area contributed by atoms with Crippen molar-refractivity contribution in [3.63, 3.8) is 0 Å². The third kappa shape index (κ3) is 6.69. The summed E-state index contributed by atoms with van der Waals surface area (Å²) in [4.78, 5) is 33.2. The van der Waals surface area contributed by atoms with E-state index in [4.69, 9.17) is 14.8 Å². The molecule has 1 aliphatic carbocycles. The molecule has 1 fully saturated rings. The number of fused-ring (bicyclic) bond motifs is 1. The highest BCUT2D eigenvalue weighted by molar-refractivity contribution is 6.07. The molecule has 3 aromatic rings. The zero-order valence-electron chi connectivity index (χ0n) is 20.5. The second-order valence-corrected chi connectivity index (χ2v) is 9.21. The molecule has 0 bridgehead atoms. The molecular weight excluding hydrogens is 458 g/mol. The Hall–Kier alpha value is -3.72. The van der Waals surface area contributed by atoms with Crippen LogP contribution in [0.15, 0.2) is 48.7 Å². The molecule has 36 heavy (non-hydrogen) atoms. The minimum atomic E-state index is -0.973. The number of para-hydroxylation sites is 1. The number of benzene rings is 1. The van der Waals surface area contributed by atoms with E-state index in [1.165, 1.54) is 0 Å². The summed E-state index contributed by atoms with van der Waals surface area (Å²) in [5, 5.41) is 18.4. The van der Waals surface area contributed by atoms with Crippen molar-refractivity contribution in [1.82, 2.24) is 20.6 Å². The molecule has 0 atom stereocenters. The van der Waals surface area contributed by atoms with Crippen LogP contribution in [-0.2, 0) is 4.74 Å². The van der Waals surface area contributed by atoms with E-state index in [1.54, 1.807) is 13.3 Å². The van der Waals surface area contributed by atoms with E-state index < -0.39 is 6.09 Å². The molecule has 9 nitrogen and oxygen atoms in total. The van der Waals surface area contributed by atoms with Crippen LogP contribution in [0, 0.1) is 11.8 Å². The second-order valence-electron chi connectivity index (χ2n) is 9.21.